The first-order valence-corrected chi connectivity index (χ1v) is 6.58. The van der Waals surface area contributed by atoms with Gasteiger partial charge in [-0.2, -0.15) is 0 Å². The van der Waals surface area contributed by atoms with Gasteiger partial charge in [-0.1, -0.05) is 41.5 Å². The molecule has 0 amide bonds. The van der Waals surface area contributed by atoms with Crippen molar-refractivity contribution in [2.75, 3.05) is 20.1 Å². The highest BCUT2D eigenvalue weighted by atomic mass is 16.7. The third-order valence-electron chi connectivity index (χ3n) is 3.73. The number of likely N-dealkylation sites (N-methyl/N-ethyl adjacent to an activating group) is 1. The summed E-state index contributed by atoms with van der Waals surface area (Å²) in [7, 11) is 2.12. The number of hydrogen-bond acceptors (Lipinski definition) is 4. The van der Waals surface area contributed by atoms with Crippen LogP contribution in [0.4, 0.5) is 0 Å². The SMILES string of the molecule is CN1CC(C(C)(C)C)N(O[C]=O)C(C(C)(C)C)C1. The van der Waals surface area contributed by atoms with Gasteiger partial charge < -0.3 is 9.74 Å². The minimum Gasteiger partial charge on any atom is -0.358 e. The summed E-state index contributed by atoms with van der Waals surface area (Å²) in [5.41, 5.74) is 0.101. The summed E-state index contributed by atoms with van der Waals surface area (Å²) < 4.78 is 0. The zero-order chi connectivity index (χ0) is 14.1. The Morgan fingerprint density at radius 3 is 1.67 bits per heavy atom. The molecular formula is C14H27N2O2. The number of hydroxylamine groups is 2. The predicted molar refractivity (Wildman–Crippen MR) is 72.6 cm³/mol. The molecule has 0 N–H and O–H groups in total. The fraction of sp³-hybridized carbons (Fsp3) is 0.929. The Bertz CT molecular complexity index is 267. The molecule has 105 valence electrons. The van der Waals surface area contributed by atoms with Crippen molar-refractivity contribution >= 4 is 6.47 Å². The monoisotopic (exact) mass is 255 g/mol. The van der Waals surface area contributed by atoms with E-state index in [0.717, 1.165) is 13.1 Å². The van der Waals surface area contributed by atoms with Crippen LogP contribution in [-0.2, 0) is 9.63 Å². The fourth-order valence-electron chi connectivity index (χ4n) is 2.52. The van der Waals surface area contributed by atoms with Gasteiger partial charge in [0.1, 0.15) is 0 Å². The molecule has 1 fully saturated rings. The fourth-order valence-corrected chi connectivity index (χ4v) is 2.52. The Morgan fingerprint density at radius 2 is 1.39 bits per heavy atom. The predicted octanol–water partition coefficient (Wildman–Crippen LogP) is 2.06. The van der Waals surface area contributed by atoms with Crippen LogP contribution < -0.4 is 0 Å². The van der Waals surface area contributed by atoms with Gasteiger partial charge in [-0.25, -0.2) is 4.79 Å². The van der Waals surface area contributed by atoms with Crippen LogP contribution in [0, 0.1) is 10.8 Å². The maximum Gasteiger partial charge on any atom is 0.438 e. The topological polar surface area (TPSA) is 32.8 Å². The molecule has 0 aromatic carbocycles. The Kier molecular flexibility index (Phi) is 4.44. The Balaban J connectivity index is 3.05. The minimum absolute atomic E-state index is 0.0506. The lowest BCUT2D eigenvalue weighted by molar-refractivity contribution is -0.218. The van der Waals surface area contributed by atoms with Crippen LogP contribution in [0.5, 0.6) is 0 Å². The highest BCUT2D eigenvalue weighted by Gasteiger charge is 2.45. The van der Waals surface area contributed by atoms with Crippen molar-refractivity contribution in [3.05, 3.63) is 0 Å². The van der Waals surface area contributed by atoms with E-state index in [1.807, 2.05) is 5.06 Å². The first-order valence-electron chi connectivity index (χ1n) is 6.58. The highest BCUT2D eigenvalue weighted by molar-refractivity contribution is 5.37. The molecule has 18 heavy (non-hydrogen) atoms. The van der Waals surface area contributed by atoms with Gasteiger partial charge in [0.15, 0.2) is 0 Å². The largest absolute Gasteiger partial charge is 0.438 e. The van der Waals surface area contributed by atoms with Crippen molar-refractivity contribution < 1.29 is 9.63 Å². The van der Waals surface area contributed by atoms with Crippen LogP contribution in [0.3, 0.4) is 0 Å². The zero-order valence-corrected chi connectivity index (χ0v) is 12.8. The van der Waals surface area contributed by atoms with Crippen LogP contribution >= 0.6 is 0 Å². The molecule has 2 atom stereocenters. The minimum atomic E-state index is 0.0506. The van der Waals surface area contributed by atoms with Gasteiger partial charge >= 0.3 is 6.47 Å². The average Bonchev–Trinajstić information content (AvgIpc) is 2.17. The quantitative estimate of drug-likeness (QED) is 0.756. The molecule has 0 aromatic rings. The molecule has 1 radical (unpaired) electrons. The summed E-state index contributed by atoms with van der Waals surface area (Å²) in [6.07, 6.45) is 0. The van der Waals surface area contributed by atoms with Crippen LogP contribution in [0.2, 0.25) is 0 Å². The molecule has 4 nitrogen and oxygen atoms in total. The lowest BCUT2D eigenvalue weighted by Gasteiger charge is -2.51. The molecule has 1 aliphatic rings. The second kappa shape index (κ2) is 5.17. The maximum absolute atomic E-state index is 10.7. The van der Waals surface area contributed by atoms with Crippen molar-refractivity contribution in [3.8, 4) is 0 Å². The van der Waals surface area contributed by atoms with Crippen molar-refractivity contribution in [3.63, 3.8) is 0 Å². The summed E-state index contributed by atoms with van der Waals surface area (Å²) in [6.45, 7) is 16.5. The number of rotatable bonds is 2. The van der Waals surface area contributed by atoms with Gasteiger partial charge in [0.05, 0.1) is 12.1 Å². The summed E-state index contributed by atoms with van der Waals surface area (Å²) >= 11 is 0. The Labute approximate surface area is 111 Å². The number of hydrogen-bond donors (Lipinski definition) is 0. The number of piperazine rings is 1. The summed E-state index contributed by atoms with van der Waals surface area (Å²) in [5, 5.41) is 1.87. The van der Waals surface area contributed by atoms with Gasteiger partial charge in [0, 0.05) is 13.1 Å². The lowest BCUT2D eigenvalue weighted by atomic mass is 9.79. The van der Waals surface area contributed by atoms with E-state index in [4.69, 9.17) is 4.84 Å². The molecule has 0 saturated carbocycles. The molecule has 0 aliphatic carbocycles. The van der Waals surface area contributed by atoms with Gasteiger partial charge in [-0.3, -0.25) is 0 Å². The second-order valence-corrected chi connectivity index (χ2v) is 7.52. The van der Waals surface area contributed by atoms with E-state index < -0.39 is 0 Å². The van der Waals surface area contributed by atoms with Gasteiger partial charge in [0.2, 0.25) is 0 Å². The molecule has 0 spiro atoms. The van der Waals surface area contributed by atoms with Crippen molar-refractivity contribution in [2.45, 2.75) is 53.6 Å². The lowest BCUT2D eigenvalue weighted by Crippen LogP contribution is -2.64. The summed E-state index contributed by atoms with van der Waals surface area (Å²) in [4.78, 5) is 18.2. The van der Waals surface area contributed by atoms with Gasteiger partial charge in [0.25, 0.3) is 0 Å². The van der Waals surface area contributed by atoms with Gasteiger partial charge in [-0.05, 0) is 17.9 Å². The van der Waals surface area contributed by atoms with Crippen LogP contribution in [0.1, 0.15) is 41.5 Å². The van der Waals surface area contributed by atoms with Crippen molar-refractivity contribution in [2.24, 2.45) is 10.8 Å². The third-order valence-corrected chi connectivity index (χ3v) is 3.73. The number of nitrogens with zero attached hydrogens (tertiary/aromatic N) is 2. The Morgan fingerprint density at radius 1 is 1.00 bits per heavy atom. The molecule has 1 saturated heterocycles. The Hall–Kier alpha value is -0.610. The normalized spacial score (nSPS) is 28.2. The zero-order valence-electron chi connectivity index (χ0n) is 12.8. The van der Waals surface area contributed by atoms with Crippen molar-refractivity contribution in [1.29, 1.82) is 0 Å². The van der Waals surface area contributed by atoms with E-state index in [1.54, 1.807) is 6.47 Å². The van der Waals surface area contributed by atoms with Gasteiger partial charge in [-0.15, -0.1) is 5.06 Å². The van der Waals surface area contributed by atoms with E-state index in [2.05, 4.69) is 53.5 Å². The van der Waals surface area contributed by atoms with E-state index in [0.29, 0.717) is 0 Å². The third kappa shape index (κ3) is 3.45. The van der Waals surface area contributed by atoms with E-state index in [9.17, 15) is 4.79 Å². The average molecular weight is 255 g/mol. The summed E-state index contributed by atoms with van der Waals surface area (Å²) in [6, 6.07) is 0.365. The van der Waals surface area contributed by atoms with Crippen LogP contribution in [0.25, 0.3) is 0 Å². The molecule has 1 aliphatic heterocycles. The highest BCUT2D eigenvalue weighted by Crippen LogP contribution is 2.35. The molecule has 1 rings (SSSR count). The van der Waals surface area contributed by atoms with E-state index in [-0.39, 0.29) is 22.9 Å². The van der Waals surface area contributed by atoms with Crippen LogP contribution in [-0.4, -0.2) is 48.7 Å². The van der Waals surface area contributed by atoms with Crippen molar-refractivity contribution in [1.82, 2.24) is 9.96 Å². The number of carbonyl (C=O) groups excluding carboxylic acids is 1. The first-order chi connectivity index (χ1) is 8.07. The maximum atomic E-state index is 10.7. The molecule has 0 aromatic heterocycles. The second-order valence-electron chi connectivity index (χ2n) is 7.52. The summed E-state index contributed by atoms with van der Waals surface area (Å²) in [5.74, 6) is 0. The van der Waals surface area contributed by atoms with E-state index >= 15 is 0 Å². The smallest absolute Gasteiger partial charge is 0.358 e. The first kappa shape index (κ1) is 15.4. The van der Waals surface area contributed by atoms with Crippen LogP contribution in [0.15, 0.2) is 0 Å². The molecule has 1 heterocycles. The molecule has 2 unspecified atom stereocenters. The van der Waals surface area contributed by atoms with E-state index in [1.165, 1.54) is 0 Å². The molecular weight excluding hydrogens is 228 g/mol. The standard InChI is InChI=1S/C14H27N2O2/c1-13(2,3)11-8-15(7)9-12(14(4,5)6)16(11)18-10-17/h11-12H,8-9H2,1-7H3. The molecule has 0 bridgehead atoms. The molecule has 4 heteroatoms.